The molecule has 0 bridgehead atoms. The Morgan fingerprint density at radius 2 is 1.77 bits per heavy atom. The van der Waals surface area contributed by atoms with Gasteiger partial charge in [-0.2, -0.15) is 0 Å². The number of pyridine rings is 1. The largest absolute Gasteiger partial charge is 0.396 e. The average molecular weight is 346 g/mol. The van der Waals surface area contributed by atoms with Crippen LogP contribution in [0.25, 0.3) is 10.9 Å². The molecule has 0 aliphatic carbocycles. The van der Waals surface area contributed by atoms with E-state index in [4.69, 9.17) is 4.98 Å². The number of rotatable bonds is 5. The number of aliphatic hydroxyl groups is 1. The summed E-state index contributed by atoms with van der Waals surface area (Å²) in [4.78, 5) is 7.28. The van der Waals surface area contributed by atoms with E-state index in [1.807, 2.05) is 18.2 Å². The molecule has 3 aromatic rings. The summed E-state index contributed by atoms with van der Waals surface area (Å²) < 4.78 is 0. The second-order valence-electron chi connectivity index (χ2n) is 7.63. The summed E-state index contributed by atoms with van der Waals surface area (Å²) in [5.41, 5.74) is 3.43. The topological polar surface area (TPSA) is 36.4 Å². The van der Waals surface area contributed by atoms with Gasteiger partial charge in [-0.25, -0.2) is 0 Å². The summed E-state index contributed by atoms with van der Waals surface area (Å²) in [6, 6.07) is 23.1. The highest BCUT2D eigenvalue weighted by Crippen LogP contribution is 2.34. The second-order valence-corrected chi connectivity index (χ2v) is 7.63. The molecule has 0 radical (unpaired) electrons. The Morgan fingerprint density at radius 1 is 0.962 bits per heavy atom. The van der Waals surface area contributed by atoms with Gasteiger partial charge in [-0.05, 0) is 43.5 Å². The summed E-state index contributed by atoms with van der Waals surface area (Å²) in [5, 5.41) is 11.4. The molecule has 134 valence electrons. The van der Waals surface area contributed by atoms with E-state index in [0.29, 0.717) is 0 Å². The Bertz CT molecular complexity index is 864. The van der Waals surface area contributed by atoms with Crippen LogP contribution in [-0.4, -0.2) is 34.7 Å². The molecular weight excluding hydrogens is 320 g/mol. The number of nitrogens with zero attached hydrogens (tertiary/aromatic N) is 2. The normalized spacial score (nSPS) is 21.1. The number of piperidine rings is 1. The number of para-hydroxylation sites is 1. The van der Waals surface area contributed by atoms with Gasteiger partial charge in [0.2, 0.25) is 0 Å². The molecule has 0 amide bonds. The first-order valence-corrected chi connectivity index (χ1v) is 9.48. The standard InChI is InChI=1S/C23H26N2O/c26-18-23(15-19-7-2-1-3-8-19)13-6-14-25(17-23)16-21-12-11-20-9-4-5-10-22(20)24-21/h1-5,7-12,26H,6,13-18H2. The highest BCUT2D eigenvalue weighted by Gasteiger charge is 2.35. The summed E-state index contributed by atoms with van der Waals surface area (Å²) in [6.07, 6.45) is 3.15. The lowest BCUT2D eigenvalue weighted by Gasteiger charge is -2.42. The number of hydrogen-bond donors (Lipinski definition) is 1. The summed E-state index contributed by atoms with van der Waals surface area (Å²) in [5.74, 6) is 0. The molecule has 1 saturated heterocycles. The lowest BCUT2D eigenvalue weighted by molar-refractivity contribution is 0.0284. The summed E-state index contributed by atoms with van der Waals surface area (Å²) in [6.45, 7) is 3.09. The van der Waals surface area contributed by atoms with Crippen molar-refractivity contribution in [3.63, 3.8) is 0 Å². The molecule has 0 spiro atoms. The zero-order valence-corrected chi connectivity index (χ0v) is 15.1. The predicted molar refractivity (Wildman–Crippen MR) is 106 cm³/mol. The maximum atomic E-state index is 10.2. The predicted octanol–water partition coefficient (Wildman–Crippen LogP) is 4.05. The Morgan fingerprint density at radius 3 is 2.62 bits per heavy atom. The molecule has 1 N–H and O–H groups in total. The van der Waals surface area contributed by atoms with Crippen molar-refractivity contribution < 1.29 is 5.11 Å². The number of hydrogen-bond acceptors (Lipinski definition) is 3. The van der Waals surface area contributed by atoms with Crippen molar-refractivity contribution in [1.29, 1.82) is 0 Å². The van der Waals surface area contributed by atoms with Crippen molar-refractivity contribution in [2.75, 3.05) is 19.7 Å². The van der Waals surface area contributed by atoms with Crippen LogP contribution in [0.1, 0.15) is 24.1 Å². The molecule has 3 heteroatoms. The first-order valence-electron chi connectivity index (χ1n) is 9.48. The van der Waals surface area contributed by atoms with Gasteiger partial charge < -0.3 is 5.11 Å². The van der Waals surface area contributed by atoms with Crippen molar-refractivity contribution >= 4 is 10.9 Å². The monoisotopic (exact) mass is 346 g/mol. The Balaban J connectivity index is 1.49. The molecular formula is C23H26N2O. The van der Waals surface area contributed by atoms with E-state index in [9.17, 15) is 5.11 Å². The molecule has 3 nitrogen and oxygen atoms in total. The number of aliphatic hydroxyl groups excluding tert-OH is 1. The molecule has 4 rings (SSSR count). The van der Waals surface area contributed by atoms with Crippen molar-refractivity contribution in [3.8, 4) is 0 Å². The van der Waals surface area contributed by atoms with E-state index >= 15 is 0 Å². The van der Waals surface area contributed by atoms with Crippen LogP contribution >= 0.6 is 0 Å². The van der Waals surface area contributed by atoms with E-state index in [1.165, 1.54) is 10.9 Å². The lowest BCUT2D eigenvalue weighted by Crippen LogP contribution is -2.46. The van der Waals surface area contributed by atoms with E-state index in [2.05, 4.69) is 53.4 Å². The van der Waals surface area contributed by atoms with Crippen LogP contribution in [-0.2, 0) is 13.0 Å². The van der Waals surface area contributed by atoms with Crippen LogP contribution in [0.4, 0.5) is 0 Å². The SMILES string of the molecule is OCC1(Cc2ccccc2)CCCN(Cc2ccc3ccccc3n2)C1. The van der Waals surface area contributed by atoms with Gasteiger partial charge >= 0.3 is 0 Å². The van der Waals surface area contributed by atoms with E-state index in [-0.39, 0.29) is 12.0 Å². The number of aromatic nitrogens is 1. The average Bonchev–Trinajstić information content (AvgIpc) is 2.69. The van der Waals surface area contributed by atoms with Crippen molar-refractivity contribution in [2.24, 2.45) is 5.41 Å². The molecule has 2 aromatic carbocycles. The molecule has 1 aromatic heterocycles. The maximum absolute atomic E-state index is 10.2. The summed E-state index contributed by atoms with van der Waals surface area (Å²) >= 11 is 0. The van der Waals surface area contributed by atoms with Gasteiger partial charge in [-0.3, -0.25) is 9.88 Å². The lowest BCUT2D eigenvalue weighted by atomic mass is 9.75. The molecule has 1 atom stereocenters. The van der Waals surface area contributed by atoms with Gasteiger partial charge in [0.25, 0.3) is 0 Å². The van der Waals surface area contributed by atoms with Gasteiger partial charge in [0.15, 0.2) is 0 Å². The van der Waals surface area contributed by atoms with Crippen LogP contribution in [0, 0.1) is 5.41 Å². The van der Waals surface area contributed by atoms with Crippen LogP contribution in [0.3, 0.4) is 0 Å². The third kappa shape index (κ3) is 3.79. The second kappa shape index (κ2) is 7.56. The smallest absolute Gasteiger partial charge is 0.0705 e. The van der Waals surface area contributed by atoms with Gasteiger partial charge in [-0.1, -0.05) is 54.6 Å². The molecule has 1 fully saturated rings. The summed E-state index contributed by atoms with van der Waals surface area (Å²) in [7, 11) is 0. The van der Waals surface area contributed by atoms with Crippen molar-refractivity contribution in [3.05, 3.63) is 78.0 Å². The minimum atomic E-state index is -0.0452. The Labute approximate surface area is 155 Å². The minimum Gasteiger partial charge on any atom is -0.396 e. The molecule has 1 unspecified atom stereocenters. The first kappa shape index (κ1) is 17.2. The van der Waals surface area contributed by atoms with Crippen LogP contribution in [0.2, 0.25) is 0 Å². The quantitative estimate of drug-likeness (QED) is 0.757. The molecule has 1 aliphatic rings. The van der Waals surface area contributed by atoms with Gasteiger partial charge in [0.05, 0.1) is 17.8 Å². The first-order chi connectivity index (χ1) is 12.8. The molecule has 1 aliphatic heterocycles. The van der Waals surface area contributed by atoms with Gasteiger partial charge in [-0.15, -0.1) is 0 Å². The maximum Gasteiger partial charge on any atom is 0.0705 e. The number of fused-ring (bicyclic) bond motifs is 1. The Hall–Kier alpha value is -2.23. The highest BCUT2D eigenvalue weighted by atomic mass is 16.3. The van der Waals surface area contributed by atoms with E-state index in [1.54, 1.807) is 0 Å². The zero-order chi connectivity index (χ0) is 17.8. The molecule has 26 heavy (non-hydrogen) atoms. The fourth-order valence-corrected chi connectivity index (χ4v) is 4.23. The van der Waals surface area contributed by atoms with Gasteiger partial charge in [0.1, 0.15) is 0 Å². The zero-order valence-electron chi connectivity index (χ0n) is 15.1. The fraction of sp³-hybridized carbons (Fsp3) is 0.348. The molecule has 2 heterocycles. The van der Waals surface area contributed by atoms with E-state index in [0.717, 1.165) is 50.1 Å². The van der Waals surface area contributed by atoms with Crippen LogP contribution in [0.5, 0.6) is 0 Å². The Kier molecular flexibility index (Phi) is 5.00. The third-order valence-electron chi connectivity index (χ3n) is 5.54. The minimum absolute atomic E-state index is 0.0452. The molecule has 0 saturated carbocycles. The fourth-order valence-electron chi connectivity index (χ4n) is 4.23. The van der Waals surface area contributed by atoms with Crippen LogP contribution in [0.15, 0.2) is 66.7 Å². The number of benzene rings is 2. The van der Waals surface area contributed by atoms with Gasteiger partial charge in [0, 0.05) is 23.9 Å². The number of likely N-dealkylation sites (tertiary alicyclic amines) is 1. The van der Waals surface area contributed by atoms with Crippen molar-refractivity contribution in [1.82, 2.24) is 9.88 Å². The van der Waals surface area contributed by atoms with E-state index < -0.39 is 0 Å². The van der Waals surface area contributed by atoms with Crippen molar-refractivity contribution in [2.45, 2.75) is 25.8 Å². The highest BCUT2D eigenvalue weighted by molar-refractivity contribution is 5.78. The van der Waals surface area contributed by atoms with Crippen LogP contribution < -0.4 is 0 Å². The third-order valence-corrected chi connectivity index (χ3v) is 5.54.